The molecular weight excluding hydrogens is 288 g/mol. The summed E-state index contributed by atoms with van der Waals surface area (Å²) in [4.78, 5) is 17.4. The minimum atomic E-state index is -0.237. The Bertz CT molecular complexity index is 567. The average molecular weight is 308 g/mol. The number of aromatic nitrogens is 2. The third kappa shape index (κ3) is 4.29. The fraction of sp³-hybridized carbons (Fsp3) is 0.500. The van der Waals surface area contributed by atoms with E-state index in [9.17, 15) is 4.79 Å². The highest BCUT2D eigenvalue weighted by Gasteiger charge is 2.18. The van der Waals surface area contributed by atoms with Crippen LogP contribution in [0.15, 0.2) is 22.0 Å². The number of carbonyl (C=O) groups is 1. The standard InChI is InChI=1S/C14H20N4O2S/c1-4-11(13-16-10(3)20-18-13)17-14(19)15-8-9(2)12-6-5-7-21-12/h5-7,9,11H,4,8H2,1-3H3,(H2,15,17,19)/t9-,11+/m1/s1. The van der Waals surface area contributed by atoms with Crippen LogP contribution in [0.2, 0.25) is 0 Å². The van der Waals surface area contributed by atoms with E-state index in [-0.39, 0.29) is 12.1 Å². The first kappa shape index (κ1) is 15.5. The molecule has 0 aliphatic rings. The van der Waals surface area contributed by atoms with Crippen LogP contribution in [0.3, 0.4) is 0 Å². The minimum Gasteiger partial charge on any atom is -0.340 e. The molecule has 114 valence electrons. The summed E-state index contributed by atoms with van der Waals surface area (Å²) in [7, 11) is 0. The number of rotatable bonds is 6. The van der Waals surface area contributed by atoms with Crippen LogP contribution in [0.5, 0.6) is 0 Å². The molecule has 2 heterocycles. The molecule has 21 heavy (non-hydrogen) atoms. The molecule has 0 saturated heterocycles. The monoisotopic (exact) mass is 308 g/mol. The predicted octanol–water partition coefficient (Wildman–Crippen LogP) is 2.99. The maximum absolute atomic E-state index is 12.0. The van der Waals surface area contributed by atoms with Gasteiger partial charge in [-0.3, -0.25) is 0 Å². The quantitative estimate of drug-likeness (QED) is 0.859. The maximum atomic E-state index is 12.0. The summed E-state index contributed by atoms with van der Waals surface area (Å²) in [6, 6.07) is 3.64. The molecule has 2 N–H and O–H groups in total. The normalized spacial score (nSPS) is 13.7. The maximum Gasteiger partial charge on any atom is 0.315 e. The van der Waals surface area contributed by atoms with Gasteiger partial charge in [-0.2, -0.15) is 4.98 Å². The Labute approximate surface area is 127 Å². The molecule has 2 rings (SSSR count). The number of nitrogens with one attached hydrogen (secondary N) is 2. The first-order chi connectivity index (χ1) is 10.1. The molecule has 7 heteroatoms. The van der Waals surface area contributed by atoms with Crippen molar-refractivity contribution in [2.45, 2.75) is 39.2 Å². The molecule has 0 aromatic carbocycles. The smallest absolute Gasteiger partial charge is 0.315 e. The van der Waals surface area contributed by atoms with Crippen molar-refractivity contribution < 1.29 is 9.32 Å². The lowest BCUT2D eigenvalue weighted by Crippen LogP contribution is -2.39. The number of carbonyl (C=O) groups excluding carboxylic acids is 1. The average Bonchev–Trinajstić information content (AvgIpc) is 3.13. The molecule has 0 aliphatic carbocycles. The van der Waals surface area contributed by atoms with Crippen LogP contribution in [0.25, 0.3) is 0 Å². The highest BCUT2D eigenvalue weighted by molar-refractivity contribution is 7.10. The molecule has 2 atom stereocenters. The van der Waals surface area contributed by atoms with Crippen molar-refractivity contribution in [3.05, 3.63) is 34.1 Å². The van der Waals surface area contributed by atoms with E-state index in [4.69, 9.17) is 4.52 Å². The molecule has 0 aliphatic heterocycles. The van der Waals surface area contributed by atoms with Crippen LogP contribution in [0.1, 0.15) is 48.8 Å². The number of nitrogens with zero attached hydrogens (tertiary/aromatic N) is 2. The van der Waals surface area contributed by atoms with Crippen molar-refractivity contribution in [2.75, 3.05) is 6.54 Å². The molecule has 2 aromatic heterocycles. The Balaban J connectivity index is 1.83. The fourth-order valence-corrected chi connectivity index (χ4v) is 2.72. The summed E-state index contributed by atoms with van der Waals surface area (Å²) in [6.45, 7) is 6.37. The predicted molar refractivity (Wildman–Crippen MR) is 81.3 cm³/mol. The number of urea groups is 1. The highest BCUT2D eigenvalue weighted by atomic mass is 32.1. The second-order valence-corrected chi connectivity index (χ2v) is 5.88. The Morgan fingerprint density at radius 1 is 1.52 bits per heavy atom. The minimum absolute atomic E-state index is 0.215. The molecule has 2 amide bonds. The summed E-state index contributed by atoms with van der Waals surface area (Å²) >= 11 is 1.70. The molecule has 0 spiro atoms. The zero-order valence-electron chi connectivity index (χ0n) is 12.4. The van der Waals surface area contributed by atoms with Crippen LogP contribution in [0.4, 0.5) is 4.79 Å². The van der Waals surface area contributed by atoms with Gasteiger partial charge in [0.25, 0.3) is 0 Å². The van der Waals surface area contributed by atoms with E-state index < -0.39 is 0 Å². The SMILES string of the molecule is CC[C@H](NC(=O)NC[C@@H](C)c1cccs1)c1noc(C)n1. The van der Waals surface area contributed by atoms with E-state index in [1.165, 1.54) is 4.88 Å². The second kappa shape index (κ2) is 7.21. The van der Waals surface area contributed by atoms with Gasteiger partial charge in [-0.05, 0) is 17.9 Å². The molecule has 0 fully saturated rings. The van der Waals surface area contributed by atoms with Crippen LogP contribution >= 0.6 is 11.3 Å². The lowest BCUT2D eigenvalue weighted by Gasteiger charge is -2.16. The highest BCUT2D eigenvalue weighted by Crippen LogP contribution is 2.19. The van der Waals surface area contributed by atoms with Gasteiger partial charge in [0, 0.05) is 24.3 Å². The Morgan fingerprint density at radius 3 is 2.90 bits per heavy atom. The Hall–Kier alpha value is -1.89. The zero-order chi connectivity index (χ0) is 15.2. The number of hydrogen-bond acceptors (Lipinski definition) is 5. The summed E-state index contributed by atoms with van der Waals surface area (Å²) in [5.41, 5.74) is 0. The van der Waals surface area contributed by atoms with Gasteiger partial charge in [0.05, 0.1) is 6.04 Å². The lowest BCUT2D eigenvalue weighted by atomic mass is 10.1. The summed E-state index contributed by atoms with van der Waals surface area (Å²) in [5.74, 6) is 1.30. The largest absolute Gasteiger partial charge is 0.340 e. The van der Waals surface area contributed by atoms with E-state index in [1.54, 1.807) is 18.3 Å². The zero-order valence-corrected chi connectivity index (χ0v) is 13.2. The van der Waals surface area contributed by atoms with Gasteiger partial charge in [-0.25, -0.2) is 4.79 Å². The Morgan fingerprint density at radius 2 is 2.33 bits per heavy atom. The second-order valence-electron chi connectivity index (χ2n) is 4.90. The van der Waals surface area contributed by atoms with Gasteiger partial charge < -0.3 is 15.2 Å². The van der Waals surface area contributed by atoms with Gasteiger partial charge in [0.15, 0.2) is 5.82 Å². The first-order valence-corrected chi connectivity index (χ1v) is 7.86. The summed E-state index contributed by atoms with van der Waals surface area (Å²) in [6.07, 6.45) is 0.701. The molecule has 0 radical (unpaired) electrons. The number of amides is 2. The van der Waals surface area contributed by atoms with Crippen molar-refractivity contribution in [2.24, 2.45) is 0 Å². The van der Waals surface area contributed by atoms with Gasteiger partial charge in [0.2, 0.25) is 5.89 Å². The summed E-state index contributed by atoms with van der Waals surface area (Å²) < 4.78 is 4.94. The number of thiophene rings is 1. The van der Waals surface area contributed by atoms with Crippen molar-refractivity contribution in [3.63, 3.8) is 0 Å². The van der Waals surface area contributed by atoms with Gasteiger partial charge in [-0.15, -0.1) is 11.3 Å². The van der Waals surface area contributed by atoms with E-state index in [1.807, 2.05) is 18.4 Å². The topological polar surface area (TPSA) is 80.0 Å². The molecule has 2 aromatic rings. The van der Waals surface area contributed by atoms with Crippen molar-refractivity contribution in [1.82, 2.24) is 20.8 Å². The van der Waals surface area contributed by atoms with Crippen LogP contribution in [-0.4, -0.2) is 22.7 Å². The van der Waals surface area contributed by atoms with E-state index in [0.29, 0.717) is 30.6 Å². The summed E-state index contributed by atoms with van der Waals surface area (Å²) in [5, 5.41) is 11.6. The molecule has 6 nitrogen and oxygen atoms in total. The van der Waals surface area contributed by atoms with Crippen molar-refractivity contribution in [1.29, 1.82) is 0 Å². The van der Waals surface area contributed by atoms with Crippen LogP contribution in [0, 0.1) is 6.92 Å². The molecule has 0 saturated carbocycles. The Kier molecular flexibility index (Phi) is 5.32. The van der Waals surface area contributed by atoms with Crippen molar-refractivity contribution >= 4 is 17.4 Å². The van der Waals surface area contributed by atoms with Gasteiger partial charge >= 0.3 is 6.03 Å². The first-order valence-electron chi connectivity index (χ1n) is 6.98. The number of hydrogen-bond donors (Lipinski definition) is 2. The van der Waals surface area contributed by atoms with Gasteiger partial charge in [0.1, 0.15) is 0 Å². The number of aryl methyl sites for hydroxylation is 1. The van der Waals surface area contributed by atoms with Gasteiger partial charge in [-0.1, -0.05) is 25.1 Å². The van der Waals surface area contributed by atoms with Crippen molar-refractivity contribution in [3.8, 4) is 0 Å². The fourth-order valence-electron chi connectivity index (χ4n) is 1.93. The molecule has 0 unspecified atom stereocenters. The van der Waals surface area contributed by atoms with Crippen LogP contribution in [-0.2, 0) is 0 Å². The third-order valence-electron chi connectivity index (χ3n) is 3.17. The van der Waals surface area contributed by atoms with E-state index >= 15 is 0 Å². The molecule has 0 bridgehead atoms. The molecular formula is C14H20N4O2S. The van der Waals surface area contributed by atoms with E-state index in [0.717, 1.165) is 0 Å². The van der Waals surface area contributed by atoms with Crippen LogP contribution < -0.4 is 10.6 Å². The lowest BCUT2D eigenvalue weighted by molar-refractivity contribution is 0.235. The third-order valence-corrected chi connectivity index (χ3v) is 4.27. The van der Waals surface area contributed by atoms with E-state index in [2.05, 4.69) is 33.8 Å².